The van der Waals surface area contributed by atoms with E-state index in [2.05, 4.69) is 26.2 Å². The number of benzene rings is 1. The van der Waals surface area contributed by atoms with Crippen LogP contribution in [0.1, 0.15) is 24.5 Å². The number of carbonyl (C=O) groups excluding carboxylic acids is 2. The number of imide groups is 1. The monoisotopic (exact) mass is 407 g/mol. The fourth-order valence-electron chi connectivity index (χ4n) is 2.88. The number of nitrogens with zero attached hydrogens (tertiary/aromatic N) is 2. The van der Waals surface area contributed by atoms with Crippen LogP contribution in [0.5, 0.6) is 0 Å². The second-order valence-corrected chi connectivity index (χ2v) is 6.89. The molecule has 3 amide bonds. The van der Waals surface area contributed by atoms with Crippen molar-refractivity contribution >= 4 is 45.2 Å². The van der Waals surface area contributed by atoms with Crippen LogP contribution in [0.2, 0.25) is 5.02 Å². The van der Waals surface area contributed by atoms with Crippen molar-refractivity contribution in [3.63, 3.8) is 0 Å². The Hall–Kier alpha value is -1.92. The molecule has 0 aliphatic carbocycles. The number of anilines is 1. The maximum Gasteiger partial charge on any atom is 0.330 e. The van der Waals surface area contributed by atoms with E-state index in [0.717, 1.165) is 14.9 Å². The zero-order valence-electron chi connectivity index (χ0n) is 13.1. The smallest absolute Gasteiger partial charge is 0.319 e. The van der Waals surface area contributed by atoms with Crippen LogP contribution in [-0.2, 0) is 10.3 Å². The van der Waals surface area contributed by atoms with Gasteiger partial charge in [0.05, 0.1) is 11.9 Å². The van der Waals surface area contributed by atoms with E-state index in [-0.39, 0.29) is 5.91 Å². The van der Waals surface area contributed by atoms with Gasteiger partial charge in [-0.1, -0.05) is 30.7 Å². The van der Waals surface area contributed by atoms with Crippen molar-refractivity contribution in [2.75, 3.05) is 4.90 Å². The van der Waals surface area contributed by atoms with Gasteiger partial charge in [-0.2, -0.15) is 0 Å². The van der Waals surface area contributed by atoms with Gasteiger partial charge >= 0.3 is 6.03 Å². The van der Waals surface area contributed by atoms with Crippen molar-refractivity contribution in [3.05, 3.63) is 57.3 Å². The quantitative estimate of drug-likeness (QED) is 0.775. The van der Waals surface area contributed by atoms with Gasteiger partial charge in [-0.05, 0) is 52.5 Å². The van der Waals surface area contributed by atoms with Crippen LogP contribution in [0.3, 0.4) is 0 Å². The molecule has 2 heterocycles. The molecule has 1 aromatic carbocycles. The minimum absolute atomic E-state index is 0.319. The van der Waals surface area contributed by atoms with Gasteiger partial charge < -0.3 is 5.32 Å². The predicted molar refractivity (Wildman–Crippen MR) is 96.1 cm³/mol. The highest BCUT2D eigenvalue weighted by Gasteiger charge is 2.52. The lowest BCUT2D eigenvalue weighted by Gasteiger charge is -2.26. The second-order valence-electron chi connectivity index (χ2n) is 5.60. The molecule has 0 radical (unpaired) electrons. The third-order valence-corrected chi connectivity index (χ3v) is 5.38. The average Bonchev–Trinajstić information content (AvgIpc) is 2.82. The first-order chi connectivity index (χ1) is 11.4. The Morgan fingerprint density at radius 1 is 1.25 bits per heavy atom. The summed E-state index contributed by atoms with van der Waals surface area (Å²) in [6.07, 6.45) is 3.57. The second kappa shape index (κ2) is 6.18. The zero-order valence-corrected chi connectivity index (χ0v) is 15.5. The Kier molecular flexibility index (Phi) is 4.36. The average molecular weight is 409 g/mol. The summed E-state index contributed by atoms with van der Waals surface area (Å²) in [5, 5.41) is 3.42. The lowest BCUT2D eigenvalue weighted by atomic mass is 9.87. The lowest BCUT2D eigenvalue weighted by molar-refractivity contribution is -0.122. The summed E-state index contributed by atoms with van der Waals surface area (Å²) < 4.78 is 0.737. The van der Waals surface area contributed by atoms with Crippen molar-refractivity contribution < 1.29 is 9.59 Å². The summed E-state index contributed by atoms with van der Waals surface area (Å²) in [5.74, 6) is -0.319. The molecule has 1 aliphatic heterocycles. The molecule has 1 atom stereocenters. The fraction of sp³-hybridized carbons (Fsp3) is 0.235. The fourth-order valence-corrected chi connectivity index (χ4v) is 3.33. The van der Waals surface area contributed by atoms with Gasteiger partial charge in [0, 0.05) is 15.7 Å². The molecule has 1 saturated heterocycles. The summed E-state index contributed by atoms with van der Waals surface area (Å²) in [7, 11) is 0. The highest BCUT2D eigenvalue weighted by Crippen LogP contribution is 2.37. The van der Waals surface area contributed by atoms with E-state index in [4.69, 9.17) is 11.6 Å². The molecular formula is C17H15BrClN3O2. The number of halogens is 2. The molecule has 1 unspecified atom stereocenters. The first-order valence-corrected chi connectivity index (χ1v) is 8.60. The first kappa shape index (κ1) is 16.9. The Balaban J connectivity index is 2.10. The van der Waals surface area contributed by atoms with Gasteiger partial charge in [0.1, 0.15) is 5.54 Å². The van der Waals surface area contributed by atoms with Crippen molar-refractivity contribution in [2.24, 2.45) is 0 Å². The van der Waals surface area contributed by atoms with Gasteiger partial charge in [-0.15, -0.1) is 0 Å². The highest BCUT2D eigenvalue weighted by molar-refractivity contribution is 9.10. The summed E-state index contributed by atoms with van der Waals surface area (Å²) >= 11 is 9.32. The van der Waals surface area contributed by atoms with E-state index in [0.29, 0.717) is 22.7 Å². The Morgan fingerprint density at radius 2 is 1.92 bits per heavy atom. The SMILES string of the molecule is CCC1(c2ccc(Cl)cc2)NC(=O)N(c2cncc(Br)c2C)C1=O. The van der Waals surface area contributed by atoms with E-state index in [1.165, 1.54) is 6.20 Å². The minimum atomic E-state index is -1.10. The number of aromatic nitrogens is 1. The summed E-state index contributed by atoms with van der Waals surface area (Å²) in [4.78, 5) is 31.0. The van der Waals surface area contributed by atoms with Crippen LogP contribution < -0.4 is 10.2 Å². The van der Waals surface area contributed by atoms with E-state index >= 15 is 0 Å². The van der Waals surface area contributed by atoms with Crippen LogP contribution in [0.25, 0.3) is 0 Å². The number of nitrogens with one attached hydrogen (secondary N) is 1. The maximum atomic E-state index is 13.2. The van der Waals surface area contributed by atoms with Gasteiger partial charge in [-0.25, -0.2) is 9.69 Å². The zero-order chi connectivity index (χ0) is 17.5. The van der Waals surface area contributed by atoms with Gasteiger partial charge in [0.15, 0.2) is 0 Å². The molecule has 1 fully saturated rings. The van der Waals surface area contributed by atoms with Crippen molar-refractivity contribution in [3.8, 4) is 0 Å². The summed E-state index contributed by atoms with van der Waals surface area (Å²) in [6, 6.07) is 6.49. The summed E-state index contributed by atoms with van der Waals surface area (Å²) in [6.45, 7) is 3.69. The van der Waals surface area contributed by atoms with E-state index < -0.39 is 11.6 Å². The molecule has 1 aromatic heterocycles. The van der Waals surface area contributed by atoms with Gasteiger partial charge in [0.25, 0.3) is 5.91 Å². The van der Waals surface area contributed by atoms with Crippen molar-refractivity contribution in [1.82, 2.24) is 10.3 Å². The molecule has 1 aliphatic rings. The highest BCUT2D eigenvalue weighted by atomic mass is 79.9. The number of hydrogen-bond acceptors (Lipinski definition) is 3. The Labute approximate surface area is 153 Å². The molecular weight excluding hydrogens is 394 g/mol. The molecule has 0 spiro atoms. The standard InChI is InChI=1S/C17H15BrClN3O2/c1-3-17(11-4-6-12(19)7-5-11)15(23)22(16(24)21-17)14-9-20-8-13(18)10(14)2/h4-9H,3H2,1-2H3,(H,21,24). The number of urea groups is 1. The molecule has 2 aromatic rings. The number of amides is 3. The molecule has 5 nitrogen and oxygen atoms in total. The maximum absolute atomic E-state index is 13.2. The minimum Gasteiger partial charge on any atom is -0.319 e. The third kappa shape index (κ3) is 2.50. The van der Waals surface area contributed by atoms with Crippen LogP contribution in [0.4, 0.5) is 10.5 Å². The topological polar surface area (TPSA) is 62.3 Å². The summed E-state index contributed by atoms with van der Waals surface area (Å²) in [5.41, 5.74) is 0.847. The van der Waals surface area contributed by atoms with Crippen LogP contribution in [0, 0.1) is 6.92 Å². The predicted octanol–water partition coefficient (Wildman–Crippen LogP) is 4.17. The first-order valence-electron chi connectivity index (χ1n) is 7.43. The number of hydrogen-bond donors (Lipinski definition) is 1. The molecule has 7 heteroatoms. The van der Waals surface area contributed by atoms with Crippen molar-refractivity contribution in [1.29, 1.82) is 0 Å². The van der Waals surface area contributed by atoms with Crippen LogP contribution in [-0.4, -0.2) is 16.9 Å². The Morgan fingerprint density at radius 3 is 2.54 bits per heavy atom. The molecule has 124 valence electrons. The molecule has 24 heavy (non-hydrogen) atoms. The lowest BCUT2D eigenvalue weighted by Crippen LogP contribution is -2.43. The number of rotatable bonds is 3. The van der Waals surface area contributed by atoms with Crippen LogP contribution in [0.15, 0.2) is 41.1 Å². The van der Waals surface area contributed by atoms with Gasteiger partial charge in [0.2, 0.25) is 0 Å². The van der Waals surface area contributed by atoms with Crippen LogP contribution >= 0.6 is 27.5 Å². The van der Waals surface area contributed by atoms with E-state index in [9.17, 15) is 9.59 Å². The van der Waals surface area contributed by atoms with E-state index in [1.54, 1.807) is 30.5 Å². The van der Waals surface area contributed by atoms with E-state index in [1.807, 2.05) is 13.8 Å². The van der Waals surface area contributed by atoms with Crippen molar-refractivity contribution in [2.45, 2.75) is 25.8 Å². The van der Waals surface area contributed by atoms with Gasteiger partial charge in [-0.3, -0.25) is 9.78 Å². The Bertz CT molecular complexity index is 825. The normalized spacial score (nSPS) is 20.4. The molecule has 0 saturated carbocycles. The number of carbonyl (C=O) groups is 2. The molecule has 0 bridgehead atoms. The number of pyridine rings is 1. The molecule has 3 rings (SSSR count). The largest absolute Gasteiger partial charge is 0.330 e. The molecule has 1 N–H and O–H groups in total. The third-order valence-electron chi connectivity index (χ3n) is 4.33.